The van der Waals surface area contributed by atoms with E-state index < -0.39 is 17.9 Å². The van der Waals surface area contributed by atoms with Gasteiger partial charge in [0.1, 0.15) is 5.54 Å². The molecule has 2 aliphatic heterocycles. The van der Waals surface area contributed by atoms with Gasteiger partial charge in [0.15, 0.2) is 12.1 Å². The first-order chi connectivity index (χ1) is 16.4. The number of nitrogens with one attached hydrogen (secondary N) is 2. The molecule has 8 heteroatoms. The molecule has 1 spiro atoms. The Morgan fingerprint density at radius 3 is 2.35 bits per heavy atom. The number of halogens is 1. The number of hydrogen-bond acceptors (Lipinski definition) is 6. The second-order valence-corrected chi connectivity index (χ2v) is 9.20. The number of para-hydroxylation sites is 1. The molecule has 3 atom stereocenters. The summed E-state index contributed by atoms with van der Waals surface area (Å²) in [5.41, 5.74) is 0.804. The van der Waals surface area contributed by atoms with E-state index in [9.17, 15) is 14.7 Å². The summed E-state index contributed by atoms with van der Waals surface area (Å²) in [5.74, 6) is -0.204. The predicted molar refractivity (Wildman–Crippen MR) is 129 cm³/mol. The van der Waals surface area contributed by atoms with E-state index in [0.717, 1.165) is 5.69 Å². The number of likely N-dealkylation sites (tertiary alicyclic amines) is 1. The van der Waals surface area contributed by atoms with Gasteiger partial charge < -0.3 is 20.6 Å². The smallest absolute Gasteiger partial charge is 0.247 e. The quantitative estimate of drug-likeness (QED) is 0.387. The third-order valence-corrected chi connectivity index (χ3v) is 6.99. The number of alkyl halides is 1. The molecule has 0 aliphatic carbocycles. The Balaban J connectivity index is 1.43. The predicted octanol–water partition coefficient (Wildman–Crippen LogP) is 2.32. The molecule has 2 aliphatic rings. The van der Waals surface area contributed by atoms with Gasteiger partial charge in [-0.2, -0.15) is 0 Å². The Morgan fingerprint density at radius 2 is 1.74 bits per heavy atom. The zero-order valence-corrected chi connectivity index (χ0v) is 19.5. The maximum atomic E-state index is 15.5. The highest BCUT2D eigenvalue weighted by molar-refractivity contribution is 6.00. The summed E-state index contributed by atoms with van der Waals surface area (Å²) < 4.78 is 15.5. The molecule has 3 N–H and O–H groups in total. The second kappa shape index (κ2) is 10.6. The van der Waals surface area contributed by atoms with Crippen molar-refractivity contribution in [3.63, 3.8) is 0 Å². The molecule has 0 aromatic heterocycles. The lowest BCUT2D eigenvalue weighted by Gasteiger charge is -2.44. The van der Waals surface area contributed by atoms with Crippen LogP contribution < -0.4 is 15.5 Å². The Labute approximate surface area is 199 Å². The van der Waals surface area contributed by atoms with Crippen LogP contribution in [0.1, 0.15) is 36.5 Å². The van der Waals surface area contributed by atoms with Gasteiger partial charge in [-0.25, -0.2) is 4.39 Å². The van der Waals surface area contributed by atoms with Gasteiger partial charge in [-0.1, -0.05) is 48.5 Å². The van der Waals surface area contributed by atoms with Crippen LogP contribution in [-0.2, 0) is 4.79 Å². The molecule has 2 saturated heterocycles. The molecule has 3 unspecified atom stereocenters. The van der Waals surface area contributed by atoms with Gasteiger partial charge in [-0.05, 0) is 31.9 Å². The minimum atomic E-state index is -1.34. The first kappa shape index (κ1) is 24.3. The molecular formula is C26H33FN4O3. The molecule has 0 radical (unpaired) electrons. The number of ketones is 1. The SMILES string of the molecule is CC(CO)NC(CC(F)N1CCC2(CC1)C(=O)NCN2c1ccccc1)C(=O)c1ccccc1. The molecule has 2 heterocycles. The van der Waals surface area contributed by atoms with E-state index in [-0.39, 0.29) is 30.8 Å². The first-order valence-electron chi connectivity index (χ1n) is 11.9. The largest absolute Gasteiger partial charge is 0.395 e. The lowest BCUT2D eigenvalue weighted by atomic mass is 9.85. The summed E-state index contributed by atoms with van der Waals surface area (Å²) >= 11 is 0. The van der Waals surface area contributed by atoms with Crippen molar-refractivity contribution in [1.82, 2.24) is 15.5 Å². The van der Waals surface area contributed by atoms with Crippen molar-refractivity contribution < 1.29 is 19.1 Å². The lowest BCUT2D eigenvalue weighted by molar-refractivity contribution is -0.125. The number of anilines is 1. The number of rotatable bonds is 9. The van der Waals surface area contributed by atoms with Gasteiger partial charge in [0, 0.05) is 36.8 Å². The monoisotopic (exact) mass is 468 g/mol. The maximum Gasteiger partial charge on any atom is 0.247 e. The highest BCUT2D eigenvalue weighted by Crippen LogP contribution is 2.37. The number of nitrogens with zero attached hydrogens (tertiary/aromatic N) is 2. The Hall–Kier alpha value is -2.81. The molecule has 1 amide bonds. The van der Waals surface area contributed by atoms with E-state index in [1.807, 2.05) is 36.4 Å². The van der Waals surface area contributed by atoms with Crippen LogP contribution in [0.4, 0.5) is 10.1 Å². The van der Waals surface area contributed by atoms with Crippen molar-refractivity contribution in [2.45, 2.75) is 50.1 Å². The minimum Gasteiger partial charge on any atom is -0.395 e. The molecule has 4 rings (SSSR count). The van der Waals surface area contributed by atoms with Crippen LogP contribution in [0, 0.1) is 0 Å². The average molecular weight is 469 g/mol. The first-order valence-corrected chi connectivity index (χ1v) is 11.9. The van der Waals surface area contributed by atoms with E-state index in [2.05, 4.69) is 15.5 Å². The number of piperidine rings is 1. The molecule has 2 fully saturated rings. The number of aliphatic hydroxyl groups is 1. The number of benzene rings is 2. The van der Waals surface area contributed by atoms with Crippen LogP contribution in [-0.4, -0.2) is 72.0 Å². The number of amides is 1. The van der Waals surface area contributed by atoms with Gasteiger partial charge in [0.25, 0.3) is 0 Å². The topological polar surface area (TPSA) is 84.9 Å². The number of carbonyl (C=O) groups is 2. The fraction of sp³-hybridized carbons (Fsp3) is 0.462. The lowest BCUT2D eigenvalue weighted by Crippen LogP contribution is -2.58. The van der Waals surface area contributed by atoms with Crippen molar-refractivity contribution in [1.29, 1.82) is 0 Å². The molecule has 7 nitrogen and oxygen atoms in total. The molecule has 2 aromatic carbocycles. The number of Topliss-reactive ketones (excluding diaryl/α,β-unsaturated/α-hetero) is 1. The third kappa shape index (κ3) is 4.99. The molecule has 34 heavy (non-hydrogen) atoms. The number of hydrogen-bond donors (Lipinski definition) is 3. The Morgan fingerprint density at radius 1 is 1.12 bits per heavy atom. The van der Waals surface area contributed by atoms with Crippen molar-refractivity contribution in [3.05, 3.63) is 66.2 Å². The highest BCUT2D eigenvalue weighted by atomic mass is 19.1. The third-order valence-electron chi connectivity index (χ3n) is 6.99. The van der Waals surface area contributed by atoms with E-state index >= 15 is 4.39 Å². The van der Waals surface area contributed by atoms with E-state index in [1.165, 1.54) is 0 Å². The van der Waals surface area contributed by atoms with E-state index in [1.54, 1.807) is 36.1 Å². The van der Waals surface area contributed by atoms with E-state index in [4.69, 9.17) is 0 Å². The number of carbonyl (C=O) groups excluding carboxylic acids is 2. The van der Waals surface area contributed by atoms with Crippen LogP contribution in [0.5, 0.6) is 0 Å². The van der Waals surface area contributed by atoms with Gasteiger partial charge in [0.05, 0.1) is 19.3 Å². The van der Waals surface area contributed by atoms with E-state index in [0.29, 0.717) is 38.2 Å². The molecule has 0 saturated carbocycles. The average Bonchev–Trinajstić information content (AvgIpc) is 3.19. The molecule has 2 aromatic rings. The molecular weight excluding hydrogens is 435 g/mol. The Kier molecular flexibility index (Phi) is 7.60. The van der Waals surface area contributed by atoms with Crippen molar-refractivity contribution in [2.24, 2.45) is 0 Å². The standard InChI is InChI=1S/C26H33FN4O3/c1-19(17-32)29-22(24(33)20-8-4-2-5-9-20)16-23(27)30-14-12-26(13-15-30)25(34)28-18-31(26)21-10-6-3-7-11-21/h2-11,19,22-23,29,32H,12-18H2,1H3,(H,28,34). The summed E-state index contributed by atoms with van der Waals surface area (Å²) in [6, 6.07) is 17.5. The molecule has 0 bridgehead atoms. The fourth-order valence-corrected chi connectivity index (χ4v) is 5.00. The normalized spacial score (nSPS) is 20.7. The van der Waals surface area contributed by atoms with Crippen LogP contribution >= 0.6 is 0 Å². The maximum absolute atomic E-state index is 15.5. The van der Waals surface area contributed by atoms with Crippen LogP contribution in [0.25, 0.3) is 0 Å². The van der Waals surface area contributed by atoms with Gasteiger partial charge in [-0.15, -0.1) is 0 Å². The Bertz CT molecular complexity index is 967. The van der Waals surface area contributed by atoms with Gasteiger partial charge in [-0.3, -0.25) is 14.5 Å². The minimum absolute atomic E-state index is 0.0121. The number of aliphatic hydroxyl groups excluding tert-OH is 1. The van der Waals surface area contributed by atoms with Crippen molar-refractivity contribution in [2.75, 3.05) is 31.3 Å². The van der Waals surface area contributed by atoms with Crippen LogP contribution in [0.15, 0.2) is 60.7 Å². The zero-order valence-electron chi connectivity index (χ0n) is 19.5. The molecule has 182 valence electrons. The second-order valence-electron chi connectivity index (χ2n) is 9.20. The van der Waals surface area contributed by atoms with Crippen molar-refractivity contribution in [3.8, 4) is 0 Å². The summed E-state index contributed by atoms with van der Waals surface area (Å²) in [7, 11) is 0. The summed E-state index contributed by atoms with van der Waals surface area (Å²) in [4.78, 5) is 29.7. The fourth-order valence-electron chi connectivity index (χ4n) is 5.00. The van der Waals surface area contributed by atoms with Crippen LogP contribution in [0.3, 0.4) is 0 Å². The van der Waals surface area contributed by atoms with Crippen molar-refractivity contribution >= 4 is 17.4 Å². The van der Waals surface area contributed by atoms with Crippen LogP contribution in [0.2, 0.25) is 0 Å². The summed E-state index contributed by atoms with van der Waals surface area (Å²) in [6.07, 6.45) is -0.361. The highest BCUT2D eigenvalue weighted by Gasteiger charge is 2.51. The zero-order chi connectivity index (χ0) is 24.1. The summed E-state index contributed by atoms with van der Waals surface area (Å²) in [6.45, 7) is 2.89. The summed E-state index contributed by atoms with van der Waals surface area (Å²) in [5, 5.41) is 15.5. The van der Waals surface area contributed by atoms with Gasteiger partial charge >= 0.3 is 0 Å². The van der Waals surface area contributed by atoms with Gasteiger partial charge in [0.2, 0.25) is 5.91 Å².